The van der Waals surface area contributed by atoms with Crippen molar-refractivity contribution in [2.45, 2.75) is 37.0 Å². The molecule has 8 nitrogen and oxygen atoms in total. The number of benzene rings is 2. The van der Waals surface area contributed by atoms with E-state index in [1.54, 1.807) is 24.3 Å². The van der Waals surface area contributed by atoms with Crippen molar-refractivity contribution in [2.24, 2.45) is 0 Å². The van der Waals surface area contributed by atoms with E-state index in [1.807, 2.05) is 25.1 Å². The molecular formula is C21H23NO7S. The Morgan fingerprint density at radius 1 is 1.07 bits per heavy atom. The summed E-state index contributed by atoms with van der Waals surface area (Å²) >= 11 is 0. The molecule has 1 amide bonds. The summed E-state index contributed by atoms with van der Waals surface area (Å²) in [5, 5.41) is 0. The molecule has 2 atom stereocenters. The first-order chi connectivity index (χ1) is 14.3. The zero-order valence-corrected chi connectivity index (χ0v) is 17.5. The standard InChI is InChI=1S/C21H23NO7S/c1-15-8-10-18(11-9-15)30(25,26)29-17-12-19(20(23)27-2)22(13-17)21(24)28-14-16-6-4-3-5-7-16/h3-11,17,19H,12-14H2,1-2H3/t17-,19+/m0/s1. The molecular weight excluding hydrogens is 410 g/mol. The Morgan fingerprint density at radius 2 is 1.73 bits per heavy atom. The first-order valence-electron chi connectivity index (χ1n) is 9.35. The number of rotatable bonds is 6. The fraction of sp³-hybridized carbons (Fsp3) is 0.333. The number of hydrogen-bond acceptors (Lipinski definition) is 7. The topological polar surface area (TPSA) is 99.2 Å². The predicted molar refractivity (Wildman–Crippen MR) is 107 cm³/mol. The van der Waals surface area contributed by atoms with Gasteiger partial charge >= 0.3 is 12.1 Å². The molecule has 160 valence electrons. The number of likely N-dealkylation sites (tertiary alicyclic amines) is 1. The lowest BCUT2D eigenvalue weighted by molar-refractivity contribution is -0.145. The molecule has 0 radical (unpaired) electrons. The van der Waals surface area contributed by atoms with Crippen LogP contribution in [0.4, 0.5) is 4.79 Å². The summed E-state index contributed by atoms with van der Waals surface area (Å²) < 4.78 is 40.5. The number of aryl methyl sites for hydroxylation is 1. The van der Waals surface area contributed by atoms with Crippen LogP contribution in [0.2, 0.25) is 0 Å². The summed E-state index contributed by atoms with van der Waals surface area (Å²) in [4.78, 5) is 25.9. The smallest absolute Gasteiger partial charge is 0.410 e. The van der Waals surface area contributed by atoms with Gasteiger partial charge in [-0.25, -0.2) is 9.59 Å². The zero-order chi connectivity index (χ0) is 21.7. The van der Waals surface area contributed by atoms with Gasteiger partial charge in [0.25, 0.3) is 10.1 Å². The van der Waals surface area contributed by atoms with Crippen molar-refractivity contribution < 1.29 is 31.7 Å². The maximum atomic E-state index is 12.6. The van der Waals surface area contributed by atoms with Gasteiger partial charge in [0, 0.05) is 6.42 Å². The van der Waals surface area contributed by atoms with Crippen LogP contribution in [0.15, 0.2) is 59.5 Å². The van der Waals surface area contributed by atoms with Gasteiger partial charge in [0.05, 0.1) is 24.7 Å². The fourth-order valence-electron chi connectivity index (χ4n) is 3.17. The molecule has 1 saturated heterocycles. The second-order valence-electron chi connectivity index (χ2n) is 6.95. The number of amides is 1. The third kappa shape index (κ3) is 5.17. The maximum absolute atomic E-state index is 12.6. The van der Waals surface area contributed by atoms with Crippen LogP contribution in [0, 0.1) is 6.92 Å². The average molecular weight is 433 g/mol. The number of methoxy groups -OCH3 is 1. The summed E-state index contributed by atoms with van der Waals surface area (Å²) in [7, 11) is -2.85. The zero-order valence-electron chi connectivity index (χ0n) is 16.7. The van der Waals surface area contributed by atoms with Crippen LogP contribution >= 0.6 is 0 Å². The van der Waals surface area contributed by atoms with Crippen molar-refractivity contribution in [1.82, 2.24) is 4.90 Å². The summed E-state index contributed by atoms with van der Waals surface area (Å²) in [5.41, 5.74) is 1.70. The van der Waals surface area contributed by atoms with Crippen molar-refractivity contribution in [3.8, 4) is 0 Å². The Morgan fingerprint density at radius 3 is 2.37 bits per heavy atom. The molecule has 0 saturated carbocycles. The first-order valence-corrected chi connectivity index (χ1v) is 10.8. The van der Waals surface area contributed by atoms with Crippen LogP contribution in [0.5, 0.6) is 0 Å². The number of esters is 1. The third-order valence-electron chi connectivity index (χ3n) is 4.75. The number of hydrogen-bond donors (Lipinski definition) is 0. The second kappa shape index (κ2) is 9.27. The van der Waals surface area contributed by atoms with Crippen molar-refractivity contribution in [1.29, 1.82) is 0 Å². The number of carbonyl (C=O) groups excluding carboxylic acids is 2. The highest BCUT2D eigenvalue weighted by Crippen LogP contribution is 2.26. The molecule has 0 N–H and O–H groups in total. The molecule has 1 heterocycles. The normalized spacial score (nSPS) is 18.8. The highest BCUT2D eigenvalue weighted by molar-refractivity contribution is 7.86. The van der Waals surface area contributed by atoms with Crippen molar-refractivity contribution in [3.63, 3.8) is 0 Å². The summed E-state index contributed by atoms with van der Waals surface area (Å²) in [6.07, 6.45) is -1.66. The maximum Gasteiger partial charge on any atom is 0.410 e. The predicted octanol–water partition coefficient (Wildman–Crippen LogP) is 2.65. The van der Waals surface area contributed by atoms with E-state index in [2.05, 4.69) is 0 Å². The van der Waals surface area contributed by atoms with E-state index in [9.17, 15) is 18.0 Å². The SMILES string of the molecule is COC(=O)[C@H]1C[C@H](OS(=O)(=O)c2ccc(C)cc2)CN1C(=O)OCc1ccccc1. The van der Waals surface area contributed by atoms with Gasteiger partial charge in [-0.1, -0.05) is 48.0 Å². The highest BCUT2D eigenvalue weighted by atomic mass is 32.2. The minimum Gasteiger partial charge on any atom is -0.467 e. The van der Waals surface area contributed by atoms with Crippen molar-refractivity contribution >= 4 is 22.2 Å². The van der Waals surface area contributed by atoms with Gasteiger partial charge in [-0.05, 0) is 24.6 Å². The van der Waals surface area contributed by atoms with Gasteiger partial charge in [-0.15, -0.1) is 0 Å². The van der Waals surface area contributed by atoms with E-state index < -0.39 is 34.3 Å². The van der Waals surface area contributed by atoms with Crippen molar-refractivity contribution in [2.75, 3.05) is 13.7 Å². The lowest BCUT2D eigenvalue weighted by Crippen LogP contribution is -2.41. The molecule has 0 spiro atoms. The molecule has 2 aromatic carbocycles. The van der Waals surface area contributed by atoms with Gasteiger partial charge in [-0.2, -0.15) is 8.42 Å². The Balaban J connectivity index is 1.70. The molecule has 0 aromatic heterocycles. The van der Waals surface area contributed by atoms with E-state index in [0.717, 1.165) is 16.0 Å². The molecule has 1 aliphatic rings. The summed E-state index contributed by atoms with van der Waals surface area (Å²) in [6.45, 7) is 1.75. The van der Waals surface area contributed by atoms with Gasteiger partial charge in [-0.3, -0.25) is 9.08 Å². The van der Waals surface area contributed by atoms with Gasteiger partial charge in [0.2, 0.25) is 0 Å². The Labute approximate surface area is 175 Å². The van der Waals surface area contributed by atoms with E-state index in [0.29, 0.717) is 0 Å². The van der Waals surface area contributed by atoms with Crippen LogP contribution in [-0.4, -0.2) is 51.2 Å². The quantitative estimate of drug-likeness (QED) is 0.510. The average Bonchev–Trinajstić information content (AvgIpc) is 3.15. The van der Waals surface area contributed by atoms with E-state index in [-0.39, 0.29) is 24.5 Å². The second-order valence-corrected chi connectivity index (χ2v) is 8.52. The molecule has 3 rings (SSSR count). The van der Waals surface area contributed by atoms with Gasteiger partial charge in [0.15, 0.2) is 0 Å². The van der Waals surface area contributed by atoms with Gasteiger partial charge < -0.3 is 9.47 Å². The lowest BCUT2D eigenvalue weighted by Gasteiger charge is -2.21. The minimum absolute atomic E-state index is 0.00724. The fourth-order valence-corrected chi connectivity index (χ4v) is 4.25. The molecule has 1 aliphatic heterocycles. The Kier molecular flexibility index (Phi) is 6.73. The molecule has 0 unspecified atom stereocenters. The van der Waals surface area contributed by atoms with E-state index in [4.69, 9.17) is 13.7 Å². The van der Waals surface area contributed by atoms with Crippen molar-refractivity contribution in [3.05, 3.63) is 65.7 Å². The minimum atomic E-state index is -4.05. The van der Waals surface area contributed by atoms with Crippen LogP contribution in [-0.2, 0) is 35.2 Å². The third-order valence-corrected chi connectivity index (χ3v) is 6.12. The molecule has 0 aliphatic carbocycles. The number of nitrogens with zero attached hydrogens (tertiary/aromatic N) is 1. The Bertz CT molecular complexity index is 990. The molecule has 2 aromatic rings. The van der Waals surface area contributed by atoms with Crippen LogP contribution in [0.1, 0.15) is 17.5 Å². The number of ether oxygens (including phenoxy) is 2. The van der Waals surface area contributed by atoms with Gasteiger partial charge in [0.1, 0.15) is 12.6 Å². The molecule has 9 heteroatoms. The van der Waals surface area contributed by atoms with E-state index in [1.165, 1.54) is 19.2 Å². The van der Waals surface area contributed by atoms with Crippen LogP contribution in [0.25, 0.3) is 0 Å². The largest absolute Gasteiger partial charge is 0.467 e. The highest BCUT2D eigenvalue weighted by Gasteiger charge is 2.43. The lowest BCUT2D eigenvalue weighted by atomic mass is 10.2. The summed E-state index contributed by atoms with van der Waals surface area (Å²) in [5.74, 6) is -0.662. The van der Waals surface area contributed by atoms with Crippen LogP contribution in [0.3, 0.4) is 0 Å². The first kappa shape index (κ1) is 21.8. The van der Waals surface area contributed by atoms with Crippen LogP contribution < -0.4 is 0 Å². The van der Waals surface area contributed by atoms with E-state index >= 15 is 0 Å². The monoisotopic (exact) mass is 433 g/mol. The Hall–Kier alpha value is -2.91. The molecule has 1 fully saturated rings. The number of carbonyl (C=O) groups is 2. The molecule has 0 bridgehead atoms. The summed E-state index contributed by atoms with van der Waals surface area (Å²) in [6, 6.07) is 14.3. The molecule has 30 heavy (non-hydrogen) atoms.